The summed E-state index contributed by atoms with van der Waals surface area (Å²) >= 11 is 1.73. The first-order valence-electron chi connectivity index (χ1n) is 8.26. The van der Waals surface area contributed by atoms with Crippen LogP contribution in [0.4, 0.5) is 5.69 Å². The molecule has 0 bridgehead atoms. The molecule has 3 heteroatoms. The maximum Gasteiger partial charge on any atom is 0.124 e. The van der Waals surface area contributed by atoms with Crippen molar-refractivity contribution in [3.05, 3.63) is 83.4 Å². The molecule has 0 N–H and O–H groups in total. The number of rotatable bonds is 3. The molecule has 0 spiro atoms. The van der Waals surface area contributed by atoms with Gasteiger partial charge in [0.15, 0.2) is 0 Å². The van der Waals surface area contributed by atoms with Crippen molar-refractivity contribution in [3.63, 3.8) is 0 Å². The molecule has 0 atom stereocenters. The Kier molecular flexibility index (Phi) is 4.16. The molecule has 1 aromatic heterocycles. The smallest absolute Gasteiger partial charge is 0.124 e. The highest BCUT2D eigenvalue weighted by atomic mass is 32.1. The number of aryl methyl sites for hydroxylation is 2. The molecule has 0 amide bonds. The summed E-state index contributed by atoms with van der Waals surface area (Å²) in [5.74, 6) is 0. The van der Waals surface area contributed by atoms with Gasteiger partial charge in [-0.3, -0.25) is 4.99 Å². The standard InChI is InChI=1S/C22H18N2S/c1-15-7-12-20-21(13-15)25-22(24-20)17-8-10-19(11-9-17)23-14-18-6-4-3-5-16(18)2/h3-14H,1-2H3. The van der Waals surface area contributed by atoms with Crippen LogP contribution in [-0.2, 0) is 0 Å². The molecule has 2 nitrogen and oxygen atoms in total. The summed E-state index contributed by atoms with van der Waals surface area (Å²) in [6.07, 6.45) is 1.92. The molecule has 0 aliphatic carbocycles. The van der Waals surface area contributed by atoms with Gasteiger partial charge in [-0.05, 0) is 66.9 Å². The van der Waals surface area contributed by atoms with Gasteiger partial charge in [-0.15, -0.1) is 11.3 Å². The van der Waals surface area contributed by atoms with E-state index in [1.165, 1.54) is 15.8 Å². The largest absolute Gasteiger partial charge is 0.256 e. The van der Waals surface area contributed by atoms with Crippen LogP contribution in [0.2, 0.25) is 0 Å². The van der Waals surface area contributed by atoms with E-state index >= 15 is 0 Å². The molecular weight excluding hydrogens is 324 g/mol. The molecule has 25 heavy (non-hydrogen) atoms. The predicted molar refractivity (Wildman–Crippen MR) is 108 cm³/mol. The monoisotopic (exact) mass is 342 g/mol. The Balaban J connectivity index is 1.60. The summed E-state index contributed by atoms with van der Waals surface area (Å²) in [7, 11) is 0. The fourth-order valence-electron chi connectivity index (χ4n) is 2.72. The molecule has 0 saturated heterocycles. The van der Waals surface area contributed by atoms with E-state index < -0.39 is 0 Å². The summed E-state index contributed by atoms with van der Waals surface area (Å²) < 4.78 is 1.23. The fraction of sp³-hybridized carbons (Fsp3) is 0.0909. The molecule has 122 valence electrons. The van der Waals surface area contributed by atoms with E-state index in [4.69, 9.17) is 4.98 Å². The molecule has 0 saturated carbocycles. The molecule has 4 rings (SSSR count). The first-order valence-corrected chi connectivity index (χ1v) is 9.08. The van der Waals surface area contributed by atoms with Crippen molar-refractivity contribution in [2.24, 2.45) is 4.99 Å². The van der Waals surface area contributed by atoms with Gasteiger partial charge in [0, 0.05) is 11.8 Å². The number of hydrogen-bond donors (Lipinski definition) is 0. The van der Waals surface area contributed by atoms with Gasteiger partial charge < -0.3 is 0 Å². The summed E-state index contributed by atoms with van der Waals surface area (Å²) in [4.78, 5) is 9.32. The number of benzene rings is 3. The third-order valence-corrected chi connectivity index (χ3v) is 5.27. The van der Waals surface area contributed by atoms with E-state index in [-0.39, 0.29) is 0 Å². The molecule has 3 aromatic carbocycles. The number of aliphatic imine (C=N–C) groups is 1. The van der Waals surface area contributed by atoms with Crippen molar-refractivity contribution >= 4 is 33.5 Å². The Morgan fingerprint density at radius 1 is 0.920 bits per heavy atom. The van der Waals surface area contributed by atoms with Crippen molar-refractivity contribution < 1.29 is 0 Å². The molecule has 0 aliphatic heterocycles. The molecule has 0 radical (unpaired) electrons. The summed E-state index contributed by atoms with van der Waals surface area (Å²) in [5, 5.41) is 1.05. The second-order valence-electron chi connectivity index (χ2n) is 6.15. The molecular formula is C22H18N2S. The van der Waals surface area contributed by atoms with E-state index in [0.717, 1.165) is 27.3 Å². The van der Waals surface area contributed by atoms with Crippen molar-refractivity contribution in [2.45, 2.75) is 13.8 Å². The van der Waals surface area contributed by atoms with Crippen molar-refractivity contribution in [1.29, 1.82) is 0 Å². The molecule has 4 aromatic rings. The van der Waals surface area contributed by atoms with Gasteiger partial charge in [0.05, 0.1) is 15.9 Å². The lowest BCUT2D eigenvalue weighted by atomic mass is 10.1. The number of hydrogen-bond acceptors (Lipinski definition) is 3. The van der Waals surface area contributed by atoms with Gasteiger partial charge in [-0.1, -0.05) is 30.3 Å². The first-order chi connectivity index (χ1) is 12.2. The van der Waals surface area contributed by atoms with Crippen LogP contribution < -0.4 is 0 Å². The quantitative estimate of drug-likeness (QED) is 0.399. The van der Waals surface area contributed by atoms with Crippen molar-refractivity contribution in [2.75, 3.05) is 0 Å². The minimum Gasteiger partial charge on any atom is -0.256 e. The van der Waals surface area contributed by atoms with Crippen LogP contribution in [0, 0.1) is 13.8 Å². The second kappa shape index (κ2) is 6.61. The van der Waals surface area contributed by atoms with Crippen LogP contribution in [0.1, 0.15) is 16.7 Å². The van der Waals surface area contributed by atoms with Crippen LogP contribution >= 0.6 is 11.3 Å². The molecule has 0 fully saturated rings. The number of nitrogens with zero attached hydrogens (tertiary/aromatic N) is 2. The topological polar surface area (TPSA) is 25.2 Å². The van der Waals surface area contributed by atoms with Gasteiger partial charge in [0.25, 0.3) is 0 Å². The third-order valence-electron chi connectivity index (χ3n) is 4.20. The SMILES string of the molecule is Cc1ccc2nc(-c3ccc(N=Cc4ccccc4C)cc3)sc2c1. The van der Waals surface area contributed by atoms with Crippen molar-refractivity contribution in [1.82, 2.24) is 4.98 Å². The maximum absolute atomic E-state index is 4.74. The first kappa shape index (κ1) is 15.7. The summed E-state index contributed by atoms with van der Waals surface area (Å²) in [5.41, 5.74) is 6.79. The Morgan fingerprint density at radius 2 is 1.72 bits per heavy atom. The van der Waals surface area contributed by atoms with Crippen LogP contribution in [0.15, 0.2) is 71.7 Å². The van der Waals surface area contributed by atoms with E-state index in [1.54, 1.807) is 11.3 Å². The minimum atomic E-state index is 0.948. The lowest BCUT2D eigenvalue weighted by Gasteiger charge is -1.99. The average Bonchev–Trinajstić information content (AvgIpc) is 3.04. The van der Waals surface area contributed by atoms with Crippen LogP contribution in [0.25, 0.3) is 20.8 Å². The summed E-state index contributed by atoms with van der Waals surface area (Å²) in [6.45, 7) is 4.21. The Morgan fingerprint density at radius 3 is 2.52 bits per heavy atom. The number of fused-ring (bicyclic) bond motifs is 1. The third kappa shape index (κ3) is 3.37. The van der Waals surface area contributed by atoms with E-state index in [1.807, 2.05) is 30.5 Å². The van der Waals surface area contributed by atoms with Crippen LogP contribution in [-0.4, -0.2) is 11.2 Å². The zero-order valence-electron chi connectivity index (χ0n) is 14.2. The van der Waals surface area contributed by atoms with E-state index in [0.29, 0.717) is 0 Å². The maximum atomic E-state index is 4.74. The fourth-order valence-corrected chi connectivity index (χ4v) is 3.79. The molecule has 1 heterocycles. The Bertz CT molecular complexity index is 1060. The Labute approximate surface area is 151 Å². The lowest BCUT2D eigenvalue weighted by Crippen LogP contribution is -1.84. The molecule has 0 unspecified atom stereocenters. The zero-order chi connectivity index (χ0) is 17.2. The highest BCUT2D eigenvalue weighted by molar-refractivity contribution is 7.21. The van der Waals surface area contributed by atoms with Gasteiger partial charge in [-0.25, -0.2) is 4.98 Å². The number of thiazole rings is 1. The van der Waals surface area contributed by atoms with Crippen molar-refractivity contribution in [3.8, 4) is 10.6 Å². The average molecular weight is 342 g/mol. The second-order valence-corrected chi connectivity index (χ2v) is 7.18. The van der Waals surface area contributed by atoms with Gasteiger partial charge >= 0.3 is 0 Å². The van der Waals surface area contributed by atoms with E-state index in [9.17, 15) is 0 Å². The normalized spacial score (nSPS) is 11.4. The minimum absolute atomic E-state index is 0.948. The van der Waals surface area contributed by atoms with Crippen LogP contribution in [0.3, 0.4) is 0 Å². The summed E-state index contributed by atoms with van der Waals surface area (Å²) in [6, 6.07) is 22.9. The highest BCUT2D eigenvalue weighted by Gasteiger charge is 2.06. The van der Waals surface area contributed by atoms with Gasteiger partial charge in [-0.2, -0.15) is 0 Å². The van der Waals surface area contributed by atoms with Crippen LogP contribution in [0.5, 0.6) is 0 Å². The van der Waals surface area contributed by atoms with E-state index in [2.05, 4.69) is 61.3 Å². The zero-order valence-corrected chi connectivity index (χ0v) is 15.0. The lowest BCUT2D eigenvalue weighted by molar-refractivity contribution is 1.43. The Hall–Kier alpha value is -2.78. The molecule has 0 aliphatic rings. The predicted octanol–water partition coefficient (Wildman–Crippen LogP) is 6.33. The van der Waals surface area contributed by atoms with Gasteiger partial charge in [0.1, 0.15) is 5.01 Å². The number of aromatic nitrogens is 1. The highest BCUT2D eigenvalue weighted by Crippen LogP contribution is 2.31. The van der Waals surface area contributed by atoms with Gasteiger partial charge in [0.2, 0.25) is 0 Å².